The van der Waals surface area contributed by atoms with E-state index < -0.39 is 0 Å². The van der Waals surface area contributed by atoms with E-state index in [0.29, 0.717) is 6.42 Å². The molecule has 0 saturated heterocycles. The zero-order chi connectivity index (χ0) is 9.84. The van der Waals surface area contributed by atoms with E-state index in [0.717, 1.165) is 5.56 Å². The Balaban J connectivity index is 2.83. The molecule has 0 aliphatic rings. The fourth-order valence-corrected chi connectivity index (χ4v) is 1.17. The molecule has 1 atom stereocenters. The molecule has 1 rings (SSSR count). The van der Waals surface area contributed by atoms with Crippen LogP contribution >= 0.6 is 0 Å². The van der Waals surface area contributed by atoms with E-state index >= 15 is 0 Å². The summed E-state index contributed by atoms with van der Waals surface area (Å²) in [5, 5.41) is 21.7. The van der Waals surface area contributed by atoms with Crippen molar-refractivity contribution in [3.8, 4) is 11.5 Å². The SMILES string of the molecule is CNC(C)Cc1cccc(O)c1O. The maximum atomic E-state index is 9.46. The van der Waals surface area contributed by atoms with Crippen LogP contribution in [0.4, 0.5) is 0 Å². The van der Waals surface area contributed by atoms with Gasteiger partial charge in [-0.25, -0.2) is 0 Å². The molecule has 1 aromatic rings. The number of nitrogens with one attached hydrogen (secondary N) is 1. The number of phenols is 2. The smallest absolute Gasteiger partial charge is 0.160 e. The molecular weight excluding hydrogens is 166 g/mol. The van der Waals surface area contributed by atoms with Crippen molar-refractivity contribution in [1.82, 2.24) is 5.32 Å². The van der Waals surface area contributed by atoms with Crippen molar-refractivity contribution in [2.45, 2.75) is 19.4 Å². The quantitative estimate of drug-likeness (QED) is 0.615. The molecule has 0 aliphatic carbocycles. The third kappa shape index (κ3) is 2.36. The molecule has 0 bridgehead atoms. The average molecular weight is 181 g/mol. The topological polar surface area (TPSA) is 52.5 Å². The highest BCUT2D eigenvalue weighted by molar-refractivity contribution is 5.44. The largest absolute Gasteiger partial charge is 0.504 e. The van der Waals surface area contributed by atoms with Crippen molar-refractivity contribution in [3.05, 3.63) is 23.8 Å². The number of para-hydroxylation sites is 1. The molecule has 0 fully saturated rings. The average Bonchev–Trinajstić information content (AvgIpc) is 2.13. The van der Waals surface area contributed by atoms with E-state index in [1.54, 1.807) is 6.07 Å². The van der Waals surface area contributed by atoms with Gasteiger partial charge in [0.2, 0.25) is 0 Å². The second kappa shape index (κ2) is 4.14. The molecule has 1 unspecified atom stereocenters. The van der Waals surface area contributed by atoms with Crippen LogP contribution in [0.1, 0.15) is 12.5 Å². The van der Waals surface area contributed by atoms with Crippen LogP contribution < -0.4 is 5.32 Å². The summed E-state index contributed by atoms with van der Waals surface area (Å²) in [6.45, 7) is 2.02. The van der Waals surface area contributed by atoms with Crippen LogP contribution in [-0.4, -0.2) is 23.3 Å². The number of phenolic OH excluding ortho intramolecular Hbond substituents is 2. The van der Waals surface area contributed by atoms with Gasteiger partial charge in [-0.1, -0.05) is 12.1 Å². The van der Waals surface area contributed by atoms with Crippen LogP contribution in [0.2, 0.25) is 0 Å². The van der Waals surface area contributed by atoms with E-state index in [1.165, 1.54) is 6.07 Å². The van der Waals surface area contributed by atoms with Gasteiger partial charge in [0.05, 0.1) is 0 Å². The van der Waals surface area contributed by atoms with E-state index in [-0.39, 0.29) is 17.5 Å². The molecule has 13 heavy (non-hydrogen) atoms. The minimum absolute atomic E-state index is 0.00963. The summed E-state index contributed by atoms with van der Waals surface area (Å²) in [5.74, 6) is -0.0644. The van der Waals surface area contributed by atoms with Crippen LogP contribution in [0.15, 0.2) is 18.2 Å². The van der Waals surface area contributed by atoms with Gasteiger partial charge in [0.25, 0.3) is 0 Å². The van der Waals surface area contributed by atoms with Gasteiger partial charge in [0.1, 0.15) is 0 Å². The first kappa shape index (κ1) is 9.86. The summed E-state index contributed by atoms with van der Waals surface area (Å²) >= 11 is 0. The highest BCUT2D eigenvalue weighted by Gasteiger charge is 2.08. The molecule has 0 amide bonds. The predicted molar refractivity (Wildman–Crippen MR) is 52.0 cm³/mol. The maximum absolute atomic E-state index is 9.46. The summed E-state index contributed by atoms with van der Waals surface area (Å²) in [4.78, 5) is 0. The highest BCUT2D eigenvalue weighted by Crippen LogP contribution is 2.28. The van der Waals surface area contributed by atoms with Crippen molar-refractivity contribution in [2.75, 3.05) is 7.05 Å². The molecule has 0 spiro atoms. The summed E-state index contributed by atoms with van der Waals surface area (Å²) in [6, 6.07) is 5.30. The fraction of sp³-hybridized carbons (Fsp3) is 0.400. The summed E-state index contributed by atoms with van der Waals surface area (Å²) in [6.07, 6.45) is 0.705. The van der Waals surface area contributed by atoms with Crippen molar-refractivity contribution in [2.24, 2.45) is 0 Å². The number of benzene rings is 1. The van der Waals surface area contributed by atoms with Gasteiger partial charge in [-0.15, -0.1) is 0 Å². The summed E-state index contributed by atoms with van der Waals surface area (Å²) in [5.41, 5.74) is 0.766. The van der Waals surface area contributed by atoms with Crippen molar-refractivity contribution >= 4 is 0 Å². The van der Waals surface area contributed by atoms with Gasteiger partial charge < -0.3 is 15.5 Å². The van der Waals surface area contributed by atoms with E-state index in [9.17, 15) is 10.2 Å². The lowest BCUT2D eigenvalue weighted by Crippen LogP contribution is -2.23. The lowest BCUT2D eigenvalue weighted by molar-refractivity contribution is 0.397. The predicted octanol–water partition coefficient (Wildman–Crippen LogP) is 1.25. The molecule has 0 heterocycles. The number of hydrogen-bond acceptors (Lipinski definition) is 3. The maximum Gasteiger partial charge on any atom is 0.160 e. The third-order valence-corrected chi connectivity index (χ3v) is 2.12. The van der Waals surface area contributed by atoms with Crippen LogP contribution in [0.25, 0.3) is 0 Å². The molecule has 0 saturated carbocycles. The zero-order valence-electron chi connectivity index (χ0n) is 7.91. The van der Waals surface area contributed by atoms with Crippen LogP contribution in [-0.2, 0) is 6.42 Å². The molecule has 3 heteroatoms. The minimum Gasteiger partial charge on any atom is -0.504 e. The number of aromatic hydroxyl groups is 2. The van der Waals surface area contributed by atoms with Crippen LogP contribution in [0.5, 0.6) is 11.5 Å². The Hall–Kier alpha value is -1.22. The second-order valence-electron chi connectivity index (χ2n) is 3.18. The molecule has 0 radical (unpaired) electrons. The zero-order valence-corrected chi connectivity index (χ0v) is 7.91. The Morgan fingerprint density at radius 2 is 2.08 bits per heavy atom. The minimum atomic E-state index is -0.0548. The molecule has 1 aromatic carbocycles. The molecule has 3 N–H and O–H groups in total. The molecule has 0 aromatic heterocycles. The fourth-order valence-electron chi connectivity index (χ4n) is 1.17. The van der Waals surface area contributed by atoms with Gasteiger partial charge in [0.15, 0.2) is 11.5 Å². The van der Waals surface area contributed by atoms with Crippen molar-refractivity contribution in [3.63, 3.8) is 0 Å². The van der Waals surface area contributed by atoms with E-state index in [1.807, 2.05) is 20.0 Å². The molecule has 0 aliphatic heterocycles. The molecule has 3 nitrogen and oxygen atoms in total. The highest BCUT2D eigenvalue weighted by atomic mass is 16.3. The monoisotopic (exact) mass is 181 g/mol. The normalized spacial score (nSPS) is 12.8. The Labute approximate surface area is 78.0 Å². The van der Waals surface area contributed by atoms with Gasteiger partial charge >= 0.3 is 0 Å². The summed E-state index contributed by atoms with van der Waals surface area (Å²) in [7, 11) is 1.87. The van der Waals surface area contributed by atoms with Crippen molar-refractivity contribution in [1.29, 1.82) is 0 Å². The first-order valence-corrected chi connectivity index (χ1v) is 4.32. The number of rotatable bonds is 3. The first-order chi connectivity index (χ1) is 6.15. The van der Waals surface area contributed by atoms with Crippen LogP contribution in [0, 0.1) is 0 Å². The Morgan fingerprint density at radius 3 is 2.69 bits per heavy atom. The standard InChI is InChI=1S/C10H15NO2/c1-7(11-2)6-8-4-3-5-9(12)10(8)13/h3-5,7,11-13H,6H2,1-2H3. The first-order valence-electron chi connectivity index (χ1n) is 4.32. The number of likely N-dealkylation sites (N-methyl/N-ethyl adjacent to an activating group) is 1. The Morgan fingerprint density at radius 1 is 1.38 bits per heavy atom. The summed E-state index contributed by atoms with van der Waals surface area (Å²) < 4.78 is 0. The lowest BCUT2D eigenvalue weighted by atomic mass is 10.1. The molecular formula is C10H15NO2. The van der Waals surface area contributed by atoms with Gasteiger partial charge in [-0.05, 0) is 32.0 Å². The van der Waals surface area contributed by atoms with Crippen LogP contribution in [0.3, 0.4) is 0 Å². The van der Waals surface area contributed by atoms with Crippen molar-refractivity contribution < 1.29 is 10.2 Å². The van der Waals surface area contributed by atoms with Gasteiger partial charge in [-0.2, -0.15) is 0 Å². The van der Waals surface area contributed by atoms with E-state index in [2.05, 4.69) is 5.32 Å². The van der Waals surface area contributed by atoms with E-state index in [4.69, 9.17) is 0 Å². The number of hydrogen-bond donors (Lipinski definition) is 3. The second-order valence-corrected chi connectivity index (χ2v) is 3.18. The third-order valence-electron chi connectivity index (χ3n) is 2.12. The Bertz CT molecular complexity index is 286. The Kier molecular flexibility index (Phi) is 3.14. The van der Waals surface area contributed by atoms with Gasteiger partial charge in [-0.3, -0.25) is 0 Å². The molecule has 72 valence electrons. The van der Waals surface area contributed by atoms with Gasteiger partial charge in [0, 0.05) is 6.04 Å². The lowest BCUT2D eigenvalue weighted by Gasteiger charge is -2.11.